The largest absolute Gasteiger partial charge is 0.481 e. The van der Waals surface area contributed by atoms with E-state index in [9.17, 15) is 14.4 Å². The number of carbonyl (C=O) groups excluding carboxylic acids is 2. The summed E-state index contributed by atoms with van der Waals surface area (Å²) in [6.07, 6.45) is 2.99. The van der Waals surface area contributed by atoms with Gasteiger partial charge in [-0.15, -0.1) is 0 Å². The zero-order valence-corrected chi connectivity index (χ0v) is 12.8. The third kappa shape index (κ3) is 5.61. The fourth-order valence-electron chi connectivity index (χ4n) is 2.48. The summed E-state index contributed by atoms with van der Waals surface area (Å²) < 4.78 is 0. The van der Waals surface area contributed by atoms with E-state index in [1.165, 1.54) is 0 Å². The number of rotatable bonds is 5. The van der Waals surface area contributed by atoms with Crippen LogP contribution in [0.3, 0.4) is 0 Å². The van der Waals surface area contributed by atoms with Crippen LogP contribution in [0.25, 0.3) is 0 Å². The van der Waals surface area contributed by atoms with E-state index < -0.39 is 24.0 Å². The smallest absolute Gasteiger partial charge is 0.315 e. The maximum Gasteiger partial charge on any atom is 0.315 e. The third-order valence-electron chi connectivity index (χ3n) is 3.57. The predicted octanol–water partition coefficient (Wildman–Crippen LogP) is 0.842. The Morgan fingerprint density at radius 3 is 2.24 bits per heavy atom. The topological polar surface area (TPSA) is 108 Å². The normalized spacial score (nSPS) is 23.2. The highest BCUT2D eigenvalue weighted by molar-refractivity contribution is 5.87. The van der Waals surface area contributed by atoms with E-state index in [1.807, 2.05) is 13.8 Å². The van der Waals surface area contributed by atoms with Crippen LogP contribution in [-0.2, 0) is 9.59 Å². The average Bonchev–Trinajstić information content (AvgIpc) is 2.37. The molecule has 1 rings (SSSR count). The summed E-state index contributed by atoms with van der Waals surface area (Å²) in [6.45, 7) is 5.27. The number of carboxylic acids is 1. The van der Waals surface area contributed by atoms with E-state index in [1.54, 1.807) is 6.92 Å². The molecule has 3 amide bonds. The standard InChI is InChI=1S/C14H25N3O4/c1-8(2)15-12(18)9(3)16-14(21)17-11-7-5-4-6-10(11)13(19)20/h8-11H,4-7H2,1-3H3,(H,15,18)(H,19,20)(H2,16,17,21). The lowest BCUT2D eigenvalue weighted by molar-refractivity contribution is -0.143. The molecule has 0 bridgehead atoms. The molecule has 0 aromatic rings. The van der Waals surface area contributed by atoms with Crippen LogP contribution in [0.15, 0.2) is 0 Å². The molecule has 0 aromatic carbocycles. The van der Waals surface area contributed by atoms with Crippen LogP contribution < -0.4 is 16.0 Å². The molecule has 0 saturated heterocycles. The first-order valence-corrected chi connectivity index (χ1v) is 7.41. The van der Waals surface area contributed by atoms with Crippen LogP contribution in [0.1, 0.15) is 46.5 Å². The second kappa shape index (κ2) is 7.85. The van der Waals surface area contributed by atoms with Crippen molar-refractivity contribution >= 4 is 17.9 Å². The highest BCUT2D eigenvalue weighted by Crippen LogP contribution is 2.24. The minimum Gasteiger partial charge on any atom is -0.481 e. The highest BCUT2D eigenvalue weighted by Gasteiger charge is 2.32. The lowest BCUT2D eigenvalue weighted by Gasteiger charge is -2.29. The Balaban J connectivity index is 2.48. The van der Waals surface area contributed by atoms with Gasteiger partial charge < -0.3 is 21.1 Å². The lowest BCUT2D eigenvalue weighted by Crippen LogP contribution is -2.54. The minimum absolute atomic E-state index is 0.000420. The average molecular weight is 299 g/mol. The summed E-state index contributed by atoms with van der Waals surface area (Å²) >= 11 is 0. The Bertz CT molecular complexity index is 398. The van der Waals surface area contributed by atoms with Crippen molar-refractivity contribution in [1.82, 2.24) is 16.0 Å². The second-order valence-corrected chi connectivity index (χ2v) is 5.84. The summed E-state index contributed by atoms with van der Waals surface area (Å²) in [5.41, 5.74) is 0. The van der Waals surface area contributed by atoms with Crippen LogP contribution in [0.2, 0.25) is 0 Å². The molecule has 0 heterocycles. The molecule has 7 nitrogen and oxygen atoms in total. The first-order valence-electron chi connectivity index (χ1n) is 7.41. The molecule has 1 fully saturated rings. The molecule has 1 aliphatic carbocycles. The van der Waals surface area contributed by atoms with E-state index in [0.717, 1.165) is 12.8 Å². The molecule has 120 valence electrons. The predicted molar refractivity (Wildman–Crippen MR) is 77.8 cm³/mol. The van der Waals surface area contributed by atoms with Gasteiger partial charge in [0.15, 0.2) is 0 Å². The molecule has 0 aromatic heterocycles. The monoisotopic (exact) mass is 299 g/mol. The molecule has 0 radical (unpaired) electrons. The van der Waals surface area contributed by atoms with Crippen molar-refractivity contribution < 1.29 is 19.5 Å². The Kier molecular flexibility index (Phi) is 6.45. The van der Waals surface area contributed by atoms with Gasteiger partial charge in [0.1, 0.15) is 6.04 Å². The Labute approximate surface area is 124 Å². The third-order valence-corrected chi connectivity index (χ3v) is 3.57. The van der Waals surface area contributed by atoms with Gasteiger partial charge in [0.2, 0.25) is 5.91 Å². The van der Waals surface area contributed by atoms with Gasteiger partial charge in [0.25, 0.3) is 0 Å². The van der Waals surface area contributed by atoms with Crippen LogP contribution in [0, 0.1) is 5.92 Å². The number of carbonyl (C=O) groups is 3. The Morgan fingerprint density at radius 1 is 1.05 bits per heavy atom. The lowest BCUT2D eigenvalue weighted by atomic mass is 9.84. The Morgan fingerprint density at radius 2 is 1.67 bits per heavy atom. The van der Waals surface area contributed by atoms with Crippen molar-refractivity contribution in [3.63, 3.8) is 0 Å². The number of aliphatic carboxylic acids is 1. The summed E-state index contributed by atoms with van der Waals surface area (Å²) in [6, 6.07) is -1.55. The molecule has 1 aliphatic rings. The number of carboxylic acid groups (broad SMARTS) is 1. The number of amides is 3. The fourth-order valence-corrected chi connectivity index (χ4v) is 2.48. The van der Waals surface area contributed by atoms with E-state index in [-0.39, 0.29) is 18.0 Å². The van der Waals surface area contributed by atoms with Gasteiger partial charge in [-0.25, -0.2) is 4.79 Å². The van der Waals surface area contributed by atoms with Crippen molar-refractivity contribution in [3.8, 4) is 0 Å². The number of urea groups is 1. The van der Waals surface area contributed by atoms with Gasteiger partial charge in [-0.2, -0.15) is 0 Å². The second-order valence-electron chi connectivity index (χ2n) is 5.84. The molecule has 7 heteroatoms. The summed E-state index contributed by atoms with van der Waals surface area (Å²) in [5, 5.41) is 17.1. The van der Waals surface area contributed by atoms with E-state index in [4.69, 9.17) is 5.11 Å². The van der Waals surface area contributed by atoms with Crippen molar-refractivity contribution in [2.75, 3.05) is 0 Å². The molecular formula is C14H25N3O4. The molecule has 0 spiro atoms. The summed E-state index contributed by atoms with van der Waals surface area (Å²) in [7, 11) is 0. The number of hydrogen-bond acceptors (Lipinski definition) is 3. The number of hydrogen-bond donors (Lipinski definition) is 4. The molecule has 4 N–H and O–H groups in total. The van der Waals surface area contributed by atoms with Crippen LogP contribution in [-0.4, -0.2) is 41.1 Å². The van der Waals surface area contributed by atoms with Crippen LogP contribution >= 0.6 is 0 Å². The first-order chi connectivity index (χ1) is 9.81. The van der Waals surface area contributed by atoms with Crippen LogP contribution in [0.4, 0.5) is 4.79 Å². The SMILES string of the molecule is CC(C)NC(=O)C(C)NC(=O)NC1CCCCC1C(=O)O. The van der Waals surface area contributed by atoms with E-state index in [2.05, 4.69) is 16.0 Å². The summed E-state index contributed by atoms with van der Waals surface area (Å²) in [5.74, 6) is -1.70. The summed E-state index contributed by atoms with van der Waals surface area (Å²) in [4.78, 5) is 34.8. The molecule has 1 saturated carbocycles. The first kappa shape index (κ1) is 17.3. The molecule has 0 aliphatic heterocycles. The van der Waals surface area contributed by atoms with Gasteiger partial charge >= 0.3 is 12.0 Å². The zero-order chi connectivity index (χ0) is 16.0. The van der Waals surface area contributed by atoms with Gasteiger partial charge in [0.05, 0.1) is 5.92 Å². The van der Waals surface area contributed by atoms with E-state index >= 15 is 0 Å². The maximum atomic E-state index is 11.9. The molecule has 3 unspecified atom stereocenters. The minimum atomic E-state index is -0.884. The van der Waals surface area contributed by atoms with Crippen molar-refractivity contribution in [1.29, 1.82) is 0 Å². The van der Waals surface area contributed by atoms with Crippen molar-refractivity contribution in [3.05, 3.63) is 0 Å². The quantitative estimate of drug-likeness (QED) is 0.603. The number of nitrogens with one attached hydrogen (secondary N) is 3. The fraction of sp³-hybridized carbons (Fsp3) is 0.786. The highest BCUT2D eigenvalue weighted by atomic mass is 16.4. The van der Waals surface area contributed by atoms with E-state index in [0.29, 0.717) is 12.8 Å². The molecule has 21 heavy (non-hydrogen) atoms. The van der Waals surface area contributed by atoms with Gasteiger partial charge in [-0.05, 0) is 33.6 Å². The maximum absolute atomic E-state index is 11.9. The zero-order valence-electron chi connectivity index (χ0n) is 12.8. The van der Waals surface area contributed by atoms with Gasteiger partial charge in [0, 0.05) is 12.1 Å². The van der Waals surface area contributed by atoms with Gasteiger partial charge in [-0.1, -0.05) is 12.8 Å². The van der Waals surface area contributed by atoms with Crippen molar-refractivity contribution in [2.24, 2.45) is 5.92 Å². The van der Waals surface area contributed by atoms with Crippen LogP contribution in [0.5, 0.6) is 0 Å². The van der Waals surface area contributed by atoms with Gasteiger partial charge in [-0.3, -0.25) is 9.59 Å². The molecular weight excluding hydrogens is 274 g/mol. The molecule has 3 atom stereocenters. The van der Waals surface area contributed by atoms with Crippen molar-refractivity contribution in [2.45, 2.75) is 64.6 Å². The Hall–Kier alpha value is -1.79.